The van der Waals surface area contributed by atoms with Gasteiger partial charge in [0, 0.05) is 31.5 Å². The number of nitrogens with one attached hydrogen (secondary N) is 1. The van der Waals surface area contributed by atoms with E-state index in [2.05, 4.69) is 29.4 Å². The SMILES string of the molecule is CC1CCCN1C(=O)NCc1cccc(-c2cccnc2)c1. The van der Waals surface area contributed by atoms with E-state index in [4.69, 9.17) is 0 Å². The Labute approximate surface area is 131 Å². The van der Waals surface area contributed by atoms with Crippen LogP contribution < -0.4 is 5.32 Å². The first-order valence-electron chi connectivity index (χ1n) is 7.78. The molecule has 1 N–H and O–H groups in total. The van der Waals surface area contributed by atoms with Crippen molar-refractivity contribution in [1.29, 1.82) is 0 Å². The van der Waals surface area contributed by atoms with E-state index in [0.717, 1.165) is 36.1 Å². The van der Waals surface area contributed by atoms with Gasteiger partial charge in [-0.1, -0.05) is 24.3 Å². The highest BCUT2D eigenvalue weighted by molar-refractivity contribution is 5.75. The van der Waals surface area contributed by atoms with Crippen molar-refractivity contribution in [2.45, 2.75) is 32.4 Å². The van der Waals surface area contributed by atoms with Gasteiger partial charge < -0.3 is 10.2 Å². The Morgan fingerprint density at radius 1 is 1.32 bits per heavy atom. The highest BCUT2D eigenvalue weighted by Gasteiger charge is 2.24. The number of hydrogen-bond acceptors (Lipinski definition) is 2. The van der Waals surface area contributed by atoms with Gasteiger partial charge in [0.15, 0.2) is 0 Å². The molecule has 1 atom stereocenters. The number of pyridine rings is 1. The largest absolute Gasteiger partial charge is 0.334 e. The predicted molar refractivity (Wildman–Crippen MR) is 87.3 cm³/mol. The molecule has 4 nitrogen and oxygen atoms in total. The van der Waals surface area contributed by atoms with Crippen LogP contribution in [-0.4, -0.2) is 28.5 Å². The van der Waals surface area contributed by atoms with E-state index >= 15 is 0 Å². The van der Waals surface area contributed by atoms with Crippen molar-refractivity contribution >= 4 is 6.03 Å². The van der Waals surface area contributed by atoms with Crippen LogP contribution in [0.15, 0.2) is 48.8 Å². The third kappa shape index (κ3) is 3.27. The molecule has 1 fully saturated rings. The summed E-state index contributed by atoms with van der Waals surface area (Å²) >= 11 is 0. The average molecular weight is 295 g/mol. The quantitative estimate of drug-likeness (QED) is 0.942. The molecule has 1 aliphatic heterocycles. The molecule has 0 spiro atoms. The maximum Gasteiger partial charge on any atom is 0.317 e. The lowest BCUT2D eigenvalue weighted by atomic mass is 10.0. The van der Waals surface area contributed by atoms with Gasteiger partial charge in [-0.3, -0.25) is 4.98 Å². The number of urea groups is 1. The molecule has 0 bridgehead atoms. The molecular weight excluding hydrogens is 274 g/mol. The number of amides is 2. The highest BCUT2D eigenvalue weighted by atomic mass is 16.2. The molecule has 1 saturated heterocycles. The molecule has 3 rings (SSSR count). The lowest BCUT2D eigenvalue weighted by molar-refractivity contribution is 0.195. The van der Waals surface area contributed by atoms with Crippen molar-refractivity contribution < 1.29 is 4.79 Å². The van der Waals surface area contributed by atoms with E-state index in [-0.39, 0.29) is 6.03 Å². The van der Waals surface area contributed by atoms with Gasteiger partial charge in [0.25, 0.3) is 0 Å². The topological polar surface area (TPSA) is 45.2 Å². The van der Waals surface area contributed by atoms with E-state index in [9.17, 15) is 4.79 Å². The third-order valence-electron chi connectivity index (χ3n) is 4.18. The summed E-state index contributed by atoms with van der Waals surface area (Å²) < 4.78 is 0. The molecular formula is C18H21N3O. The number of benzene rings is 1. The zero-order chi connectivity index (χ0) is 15.4. The number of carbonyl (C=O) groups excluding carboxylic acids is 1. The smallest absolute Gasteiger partial charge is 0.317 e. The second kappa shape index (κ2) is 6.60. The maximum atomic E-state index is 12.2. The lowest BCUT2D eigenvalue weighted by Crippen LogP contribution is -2.41. The van der Waals surface area contributed by atoms with Crippen LogP contribution in [0.3, 0.4) is 0 Å². The summed E-state index contributed by atoms with van der Waals surface area (Å²) in [7, 11) is 0. The number of likely N-dealkylation sites (tertiary alicyclic amines) is 1. The van der Waals surface area contributed by atoms with Crippen molar-refractivity contribution in [2.24, 2.45) is 0 Å². The van der Waals surface area contributed by atoms with Gasteiger partial charge in [-0.05, 0) is 48.6 Å². The predicted octanol–water partition coefficient (Wildman–Crippen LogP) is 3.44. The third-order valence-corrected chi connectivity index (χ3v) is 4.18. The standard InChI is InChI=1S/C18H21N3O/c1-14-5-4-10-21(14)18(22)20-12-15-6-2-7-16(11-15)17-8-3-9-19-13-17/h2-3,6-9,11,13-14H,4-5,10,12H2,1H3,(H,20,22). The summed E-state index contributed by atoms with van der Waals surface area (Å²) in [6.07, 6.45) is 5.82. The normalized spacial score (nSPS) is 17.5. The van der Waals surface area contributed by atoms with Crippen molar-refractivity contribution in [2.75, 3.05) is 6.54 Å². The number of rotatable bonds is 3. The van der Waals surface area contributed by atoms with Gasteiger partial charge >= 0.3 is 6.03 Å². The summed E-state index contributed by atoms with van der Waals surface area (Å²) in [5, 5.41) is 3.02. The second-order valence-electron chi connectivity index (χ2n) is 5.79. The van der Waals surface area contributed by atoms with Crippen molar-refractivity contribution in [3.05, 3.63) is 54.4 Å². The molecule has 0 radical (unpaired) electrons. The number of hydrogen-bond donors (Lipinski definition) is 1. The monoisotopic (exact) mass is 295 g/mol. The van der Waals surface area contributed by atoms with Crippen LogP contribution in [0.2, 0.25) is 0 Å². The first-order chi connectivity index (χ1) is 10.7. The molecule has 1 aliphatic rings. The molecule has 22 heavy (non-hydrogen) atoms. The van der Waals surface area contributed by atoms with Gasteiger partial charge in [0.2, 0.25) is 0 Å². The zero-order valence-corrected chi connectivity index (χ0v) is 12.8. The Morgan fingerprint density at radius 2 is 2.18 bits per heavy atom. The molecule has 1 aromatic heterocycles. The first kappa shape index (κ1) is 14.6. The van der Waals surface area contributed by atoms with Crippen molar-refractivity contribution in [1.82, 2.24) is 15.2 Å². The van der Waals surface area contributed by atoms with Crippen molar-refractivity contribution in [3.63, 3.8) is 0 Å². The van der Waals surface area contributed by atoms with Crippen LogP contribution in [-0.2, 0) is 6.54 Å². The summed E-state index contributed by atoms with van der Waals surface area (Å²) in [4.78, 5) is 18.3. The Morgan fingerprint density at radius 3 is 2.91 bits per heavy atom. The summed E-state index contributed by atoms with van der Waals surface area (Å²) in [5.41, 5.74) is 3.31. The average Bonchev–Trinajstić information content (AvgIpc) is 3.00. The van der Waals surface area contributed by atoms with Crippen LogP contribution in [0.25, 0.3) is 11.1 Å². The van der Waals surface area contributed by atoms with Crippen LogP contribution in [0.4, 0.5) is 4.79 Å². The van der Waals surface area contributed by atoms with Crippen LogP contribution in [0.5, 0.6) is 0 Å². The lowest BCUT2D eigenvalue weighted by Gasteiger charge is -2.21. The van der Waals surface area contributed by atoms with E-state index < -0.39 is 0 Å². The van der Waals surface area contributed by atoms with Crippen LogP contribution >= 0.6 is 0 Å². The first-order valence-corrected chi connectivity index (χ1v) is 7.78. The molecule has 2 heterocycles. The molecule has 4 heteroatoms. The van der Waals surface area contributed by atoms with Gasteiger partial charge in [-0.2, -0.15) is 0 Å². The van der Waals surface area contributed by atoms with Gasteiger partial charge in [-0.25, -0.2) is 4.79 Å². The Balaban J connectivity index is 1.65. The van der Waals surface area contributed by atoms with E-state index in [1.807, 2.05) is 35.4 Å². The van der Waals surface area contributed by atoms with E-state index in [0.29, 0.717) is 12.6 Å². The van der Waals surface area contributed by atoms with Gasteiger partial charge in [0.05, 0.1) is 0 Å². The minimum Gasteiger partial charge on any atom is -0.334 e. The van der Waals surface area contributed by atoms with E-state index in [1.54, 1.807) is 6.20 Å². The fourth-order valence-electron chi connectivity index (χ4n) is 2.91. The highest BCUT2D eigenvalue weighted by Crippen LogP contribution is 2.19. The molecule has 1 unspecified atom stereocenters. The molecule has 2 amide bonds. The summed E-state index contributed by atoms with van der Waals surface area (Å²) in [6.45, 7) is 3.52. The molecule has 2 aromatic rings. The number of nitrogens with zero attached hydrogens (tertiary/aromatic N) is 2. The summed E-state index contributed by atoms with van der Waals surface area (Å²) in [6, 6.07) is 12.6. The fourth-order valence-corrected chi connectivity index (χ4v) is 2.91. The Hall–Kier alpha value is -2.36. The van der Waals surface area contributed by atoms with Crippen LogP contribution in [0.1, 0.15) is 25.3 Å². The number of carbonyl (C=O) groups is 1. The van der Waals surface area contributed by atoms with Crippen molar-refractivity contribution in [3.8, 4) is 11.1 Å². The molecule has 1 aromatic carbocycles. The summed E-state index contributed by atoms with van der Waals surface area (Å²) in [5.74, 6) is 0. The molecule has 0 aliphatic carbocycles. The fraction of sp³-hybridized carbons (Fsp3) is 0.333. The minimum absolute atomic E-state index is 0.0387. The van der Waals surface area contributed by atoms with Gasteiger partial charge in [-0.15, -0.1) is 0 Å². The Bertz CT molecular complexity index is 642. The minimum atomic E-state index is 0.0387. The maximum absolute atomic E-state index is 12.2. The van der Waals surface area contributed by atoms with Gasteiger partial charge in [0.1, 0.15) is 0 Å². The second-order valence-corrected chi connectivity index (χ2v) is 5.79. The molecule has 0 saturated carbocycles. The number of aromatic nitrogens is 1. The zero-order valence-electron chi connectivity index (χ0n) is 12.8. The Kier molecular flexibility index (Phi) is 4.37. The van der Waals surface area contributed by atoms with Crippen LogP contribution in [0, 0.1) is 0 Å². The molecule has 114 valence electrons. The van der Waals surface area contributed by atoms with E-state index in [1.165, 1.54) is 0 Å².